The van der Waals surface area contributed by atoms with Crippen LogP contribution in [-0.2, 0) is 21.2 Å². The minimum absolute atomic E-state index is 0.0618. The molecule has 32 heavy (non-hydrogen) atoms. The lowest BCUT2D eigenvalue weighted by Gasteiger charge is -2.12. The topological polar surface area (TPSA) is 102 Å². The molecule has 0 aromatic heterocycles. The van der Waals surface area contributed by atoms with Crippen molar-refractivity contribution < 1.29 is 27.8 Å². The van der Waals surface area contributed by atoms with Gasteiger partial charge >= 0.3 is 5.97 Å². The first kappa shape index (κ1) is 23.7. The number of para-hydroxylation sites is 1. The van der Waals surface area contributed by atoms with Crippen molar-refractivity contribution in [2.75, 3.05) is 17.9 Å². The van der Waals surface area contributed by atoms with Gasteiger partial charge in [-0.2, -0.15) is 0 Å². The molecule has 2 N–H and O–H groups in total. The number of aliphatic carboxylic acids is 1. The van der Waals surface area contributed by atoms with Crippen molar-refractivity contribution in [3.05, 3.63) is 82.3 Å². The summed E-state index contributed by atoms with van der Waals surface area (Å²) in [6.07, 6.45) is -0.130. The lowest BCUT2D eigenvalue weighted by atomic mass is 10.1. The third-order valence-corrected chi connectivity index (χ3v) is 6.31. The monoisotopic (exact) mass is 495 g/mol. The van der Waals surface area contributed by atoms with E-state index in [2.05, 4.69) is 4.72 Å². The average molecular weight is 496 g/mol. The lowest BCUT2D eigenvalue weighted by Crippen LogP contribution is -2.13. The summed E-state index contributed by atoms with van der Waals surface area (Å²) in [6.45, 7) is 0.420. The minimum Gasteiger partial charge on any atom is -0.490 e. The van der Waals surface area contributed by atoms with E-state index in [1.807, 2.05) is 0 Å². The Hall–Kier alpha value is -2.94. The van der Waals surface area contributed by atoms with Crippen molar-refractivity contribution in [1.82, 2.24) is 0 Å². The average Bonchev–Trinajstić information content (AvgIpc) is 2.74. The van der Waals surface area contributed by atoms with Gasteiger partial charge in [0, 0.05) is 16.3 Å². The van der Waals surface area contributed by atoms with Crippen molar-refractivity contribution in [2.24, 2.45) is 0 Å². The molecule has 7 nitrogen and oxygen atoms in total. The maximum atomic E-state index is 12.6. The van der Waals surface area contributed by atoms with E-state index in [9.17, 15) is 13.2 Å². The van der Waals surface area contributed by atoms with Gasteiger partial charge in [0.25, 0.3) is 10.0 Å². The van der Waals surface area contributed by atoms with Crippen LogP contribution in [0.3, 0.4) is 0 Å². The Kier molecular flexibility index (Phi) is 7.84. The van der Waals surface area contributed by atoms with Gasteiger partial charge in [-0.15, -0.1) is 0 Å². The highest BCUT2D eigenvalue weighted by atomic mass is 35.5. The Morgan fingerprint density at radius 1 is 0.938 bits per heavy atom. The first-order valence-electron chi connectivity index (χ1n) is 9.38. The van der Waals surface area contributed by atoms with E-state index in [1.54, 1.807) is 48.5 Å². The SMILES string of the molecule is O=C(O)Cc1ccccc1OCCOc1ccc(NS(=O)(=O)c2cc(Cl)ccc2Cl)cc1. The molecule has 0 heterocycles. The van der Waals surface area contributed by atoms with Gasteiger partial charge in [-0.3, -0.25) is 9.52 Å². The normalized spacial score (nSPS) is 11.1. The van der Waals surface area contributed by atoms with Crippen LogP contribution in [0, 0.1) is 0 Å². The Balaban J connectivity index is 1.54. The number of rotatable bonds is 10. The van der Waals surface area contributed by atoms with E-state index in [4.69, 9.17) is 37.8 Å². The van der Waals surface area contributed by atoms with Crippen LogP contribution in [0.4, 0.5) is 5.69 Å². The second-order valence-electron chi connectivity index (χ2n) is 6.58. The quantitative estimate of drug-likeness (QED) is 0.388. The zero-order valence-electron chi connectivity index (χ0n) is 16.6. The van der Waals surface area contributed by atoms with E-state index < -0.39 is 16.0 Å². The number of hydrogen-bond acceptors (Lipinski definition) is 5. The summed E-state index contributed by atoms with van der Waals surface area (Å²) in [7, 11) is -3.91. The highest BCUT2D eigenvalue weighted by Gasteiger charge is 2.18. The molecule has 0 amide bonds. The third kappa shape index (κ3) is 6.53. The highest BCUT2D eigenvalue weighted by molar-refractivity contribution is 7.92. The van der Waals surface area contributed by atoms with E-state index in [-0.39, 0.29) is 34.6 Å². The lowest BCUT2D eigenvalue weighted by molar-refractivity contribution is -0.136. The maximum absolute atomic E-state index is 12.6. The smallest absolute Gasteiger partial charge is 0.307 e. The molecule has 0 fully saturated rings. The van der Waals surface area contributed by atoms with Crippen LogP contribution in [0.15, 0.2) is 71.6 Å². The van der Waals surface area contributed by atoms with Crippen LogP contribution in [-0.4, -0.2) is 32.7 Å². The van der Waals surface area contributed by atoms with Gasteiger partial charge in [0.15, 0.2) is 0 Å². The highest BCUT2D eigenvalue weighted by Crippen LogP contribution is 2.27. The van der Waals surface area contributed by atoms with Gasteiger partial charge < -0.3 is 14.6 Å². The number of benzene rings is 3. The summed E-state index contributed by atoms with van der Waals surface area (Å²) < 4.78 is 38.8. The van der Waals surface area contributed by atoms with E-state index in [0.29, 0.717) is 22.7 Å². The molecule has 0 aliphatic heterocycles. The molecule has 0 saturated carbocycles. The molecule has 0 saturated heterocycles. The molecule has 3 aromatic rings. The number of ether oxygens (including phenoxy) is 2. The van der Waals surface area contributed by atoms with Crippen LogP contribution in [0.5, 0.6) is 11.5 Å². The molecule has 0 atom stereocenters. The number of carbonyl (C=O) groups is 1. The van der Waals surface area contributed by atoms with Crippen molar-refractivity contribution in [1.29, 1.82) is 0 Å². The third-order valence-electron chi connectivity index (χ3n) is 4.21. The number of carboxylic acid groups (broad SMARTS) is 1. The van der Waals surface area contributed by atoms with E-state index >= 15 is 0 Å². The van der Waals surface area contributed by atoms with E-state index in [1.165, 1.54) is 18.2 Å². The molecule has 168 valence electrons. The van der Waals surface area contributed by atoms with Gasteiger partial charge in [-0.25, -0.2) is 8.42 Å². The first-order chi connectivity index (χ1) is 15.2. The summed E-state index contributed by atoms with van der Waals surface area (Å²) in [5, 5.41) is 9.28. The van der Waals surface area contributed by atoms with Gasteiger partial charge in [0.2, 0.25) is 0 Å². The Morgan fingerprint density at radius 3 is 2.34 bits per heavy atom. The van der Waals surface area contributed by atoms with Crippen LogP contribution < -0.4 is 14.2 Å². The summed E-state index contributed by atoms with van der Waals surface area (Å²) in [5.74, 6) is 0.0599. The Bertz CT molecular complexity index is 1200. The number of sulfonamides is 1. The number of anilines is 1. The minimum atomic E-state index is -3.91. The molecule has 0 spiro atoms. The summed E-state index contributed by atoms with van der Waals surface area (Å²) in [5.41, 5.74) is 0.906. The summed E-state index contributed by atoms with van der Waals surface area (Å²) >= 11 is 11.9. The van der Waals surface area contributed by atoms with Crippen LogP contribution in [0.25, 0.3) is 0 Å². The Morgan fingerprint density at radius 2 is 1.62 bits per heavy atom. The number of halogens is 2. The van der Waals surface area contributed by atoms with Gasteiger partial charge in [0.05, 0.1) is 11.4 Å². The molecular weight excluding hydrogens is 477 g/mol. The first-order valence-corrected chi connectivity index (χ1v) is 11.6. The molecule has 0 aliphatic carbocycles. The predicted octanol–water partition coefficient (Wildman–Crippen LogP) is 4.88. The fourth-order valence-corrected chi connectivity index (χ4v) is 4.60. The molecule has 0 radical (unpaired) electrons. The van der Waals surface area contributed by atoms with Crippen molar-refractivity contribution in [3.8, 4) is 11.5 Å². The van der Waals surface area contributed by atoms with Crippen LogP contribution >= 0.6 is 23.2 Å². The number of carboxylic acids is 1. The zero-order valence-corrected chi connectivity index (χ0v) is 19.0. The predicted molar refractivity (Wildman–Crippen MR) is 122 cm³/mol. The zero-order chi connectivity index (χ0) is 23.1. The number of nitrogens with one attached hydrogen (secondary N) is 1. The molecule has 10 heteroatoms. The van der Waals surface area contributed by atoms with Gasteiger partial charge in [-0.05, 0) is 48.5 Å². The van der Waals surface area contributed by atoms with Crippen molar-refractivity contribution in [2.45, 2.75) is 11.3 Å². The second kappa shape index (κ2) is 10.6. The second-order valence-corrected chi connectivity index (χ2v) is 9.07. The summed E-state index contributed by atoms with van der Waals surface area (Å²) in [4.78, 5) is 10.8. The maximum Gasteiger partial charge on any atom is 0.307 e. The summed E-state index contributed by atoms with van der Waals surface area (Å²) in [6, 6.07) is 17.4. The standard InChI is InChI=1S/C22H19Cl2NO6S/c23-16-5-10-19(24)21(14-16)32(28,29)25-17-6-8-18(9-7-17)30-11-12-31-20-4-2-1-3-15(20)13-22(26)27/h1-10,14,25H,11-13H2,(H,26,27). The Labute approximate surface area is 195 Å². The van der Waals surface area contributed by atoms with Crippen LogP contribution in [0.2, 0.25) is 10.0 Å². The molecule has 0 aliphatic rings. The van der Waals surface area contributed by atoms with Crippen molar-refractivity contribution >= 4 is 44.9 Å². The fraction of sp³-hybridized carbons (Fsp3) is 0.136. The van der Waals surface area contributed by atoms with Gasteiger partial charge in [0.1, 0.15) is 29.6 Å². The largest absolute Gasteiger partial charge is 0.490 e. The fourth-order valence-electron chi connectivity index (χ4n) is 2.78. The molecule has 3 rings (SSSR count). The van der Waals surface area contributed by atoms with Crippen molar-refractivity contribution in [3.63, 3.8) is 0 Å². The molecule has 3 aromatic carbocycles. The van der Waals surface area contributed by atoms with E-state index in [0.717, 1.165) is 0 Å². The number of hydrogen-bond donors (Lipinski definition) is 2. The molecule has 0 bridgehead atoms. The van der Waals surface area contributed by atoms with Crippen LogP contribution in [0.1, 0.15) is 5.56 Å². The molecule has 0 unspecified atom stereocenters. The van der Waals surface area contributed by atoms with Gasteiger partial charge in [-0.1, -0.05) is 41.4 Å². The molecular formula is C22H19Cl2NO6S.